The van der Waals surface area contributed by atoms with Gasteiger partial charge in [0.25, 0.3) is 0 Å². The molecule has 0 saturated heterocycles. The second kappa shape index (κ2) is 2.75. The maximum atomic E-state index is 8.60. The number of nitrogens with zero attached hydrogens (tertiary/aromatic N) is 3. The zero-order chi connectivity index (χ0) is 8.43. The average molecular weight is 149 g/mol. The van der Waals surface area contributed by atoms with Gasteiger partial charge in [0.2, 0.25) is 0 Å². The van der Waals surface area contributed by atoms with Crippen LogP contribution in [-0.2, 0) is 7.05 Å². The van der Waals surface area contributed by atoms with Crippen molar-refractivity contribution in [3.63, 3.8) is 0 Å². The highest BCUT2D eigenvalue weighted by atomic mass is 15.1. The summed E-state index contributed by atoms with van der Waals surface area (Å²) in [6.07, 6.45) is 1.61. The maximum Gasteiger partial charge on any atom is 0.139 e. The maximum absolute atomic E-state index is 8.60. The van der Waals surface area contributed by atoms with Crippen LogP contribution in [-0.4, -0.2) is 9.55 Å². The number of aromatic nitrogens is 2. The summed E-state index contributed by atoms with van der Waals surface area (Å²) in [5.74, 6) is 1.34. The Morgan fingerprint density at radius 1 is 1.64 bits per heavy atom. The minimum absolute atomic E-state index is 0.377. The highest BCUT2D eigenvalue weighted by Crippen LogP contribution is 2.12. The second-order valence-electron chi connectivity index (χ2n) is 2.83. The van der Waals surface area contributed by atoms with Gasteiger partial charge in [-0.15, -0.1) is 0 Å². The fourth-order valence-electron chi connectivity index (χ4n) is 1.06. The van der Waals surface area contributed by atoms with E-state index in [2.05, 4.69) is 24.9 Å². The number of nitriles is 1. The van der Waals surface area contributed by atoms with E-state index in [1.807, 2.05) is 11.6 Å². The Bertz CT molecular complexity index is 291. The van der Waals surface area contributed by atoms with Gasteiger partial charge >= 0.3 is 0 Å². The zero-order valence-electron chi connectivity index (χ0n) is 7.00. The Kier molecular flexibility index (Phi) is 1.95. The van der Waals surface area contributed by atoms with Crippen molar-refractivity contribution in [1.82, 2.24) is 9.55 Å². The topological polar surface area (TPSA) is 41.6 Å². The lowest BCUT2D eigenvalue weighted by molar-refractivity contribution is 0.707. The molecule has 0 amide bonds. The molecule has 0 N–H and O–H groups in total. The lowest BCUT2D eigenvalue weighted by Gasteiger charge is -2.03. The lowest BCUT2D eigenvalue weighted by Crippen LogP contribution is -2.01. The summed E-state index contributed by atoms with van der Waals surface area (Å²) < 4.78 is 1.82. The molecule has 0 aliphatic rings. The summed E-state index contributed by atoms with van der Waals surface area (Å²) in [6.45, 7) is 4.12. The molecular weight excluding hydrogens is 138 g/mol. The summed E-state index contributed by atoms with van der Waals surface area (Å²) in [5.41, 5.74) is 0.619. The first kappa shape index (κ1) is 7.80. The molecule has 0 aliphatic carbocycles. The van der Waals surface area contributed by atoms with Crippen molar-refractivity contribution in [1.29, 1.82) is 5.26 Å². The SMILES string of the molecule is CC(C)c1ncc(C#N)n1C. The predicted molar refractivity (Wildman–Crippen MR) is 42.0 cm³/mol. The molecular formula is C8H11N3. The van der Waals surface area contributed by atoms with E-state index < -0.39 is 0 Å². The van der Waals surface area contributed by atoms with Crippen LogP contribution >= 0.6 is 0 Å². The summed E-state index contributed by atoms with van der Waals surface area (Å²) in [6, 6.07) is 2.07. The van der Waals surface area contributed by atoms with Crippen molar-refractivity contribution < 1.29 is 0 Å². The van der Waals surface area contributed by atoms with Crippen molar-refractivity contribution in [3.8, 4) is 6.07 Å². The zero-order valence-corrected chi connectivity index (χ0v) is 7.00. The van der Waals surface area contributed by atoms with E-state index in [9.17, 15) is 0 Å². The third kappa shape index (κ3) is 1.25. The van der Waals surface area contributed by atoms with E-state index in [1.54, 1.807) is 6.20 Å². The molecule has 3 heteroatoms. The average Bonchev–Trinajstić information content (AvgIpc) is 2.30. The van der Waals surface area contributed by atoms with E-state index >= 15 is 0 Å². The van der Waals surface area contributed by atoms with Gasteiger partial charge in [-0.25, -0.2) is 4.98 Å². The van der Waals surface area contributed by atoms with Crippen molar-refractivity contribution in [3.05, 3.63) is 17.7 Å². The minimum Gasteiger partial charge on any atom is -0.323 e. The van der Waals surface area contributed by atoms with Gasteiger partial charge in [-0.1, -0.05) is 13.8 Å². The van der Waals surface area contributed by atoms with Crippen LogP contribution in [0.25, 0.3) is 0 Å². The van der Waals surface area contributed by atoms with E-state index in [0.717, 1.165) is 5.82 Å². The minimum atomic E-state index is 0.377. The van der Waals surface area contributed by atoms with Gasteiger partial charge < -0.3 is 4.57 Å². The monoisotopic (exact) mass is 149 g/mol. The molecule has 0 atom stereocenters. The molecule has 0 unspecified atom stereocenters. The van der Waals surface area contributed by atoms with Crippen molar-refractivity contribution in [2.45, 2.75) is 19.8 Å². The first-order valence-corrected chi connectivity index (χ1v) is 3.58. The van der Waals surface area contributed by atoms with Crippen LogP contribution in [0.2, 0.25) is 0 Å². The Morgan fingerprint density at radius 3 is 2.55 bits per heavy atom. The molecule has 1 rings (SSSR count). The van der Waals surface area contributed by atoms with Gasteiger partial charge in [-0.3, -0.25) is 0 Å². The molecule has 0 radical (unpaired) electrons. The molecule has 11 heavy (non-hydrogen) atoms. The van der Waals surface area contributed by atoms with Gasteiger partial charge in [-0.05, 0) is 0 Å². The van der Waals surface area contributed by atoms with Crippen molar-refractivity contribution in [2.75, 3.05) is 0 Å². The van der Waals surface area contributed by atoms with Crippen LogP contribution in [0.5, 0.6) is 0 Å². The van der Waals surface area contributed by atoms with Crippen LogP contribution < -0.4 is 0 Å². The van der Waals surface area contributed by atoms with Crippen LogP contribution in [0.4, 0.5) is 0 Å². The Labute approximate surface area is 66.3 Å². The molecule has 0 spiro atoms. The summed E-state index contributed by atoms with van der Waals surface area (Å²) in [7, 11) is 1.86. The van der Waals surface area contributed by atoms with E-state index in [0.29, 0.717) is 11.6 Å². The highest BCUT2D eigenvalue weighted by Gasteiger charge is 2.07. The summed E-state index contributed by atoms with van der Waals surface area (Å²) >= 11 is 0. The Hall–Kier alpha value is -1.30. The Morgan fingerprint density at radius 2 is 2.27 bits per heavy atom. The highest BCUT2D eigenvalue weighted by molar-refractivity contribution is 5.20. The molecule has 0 saturated carbocycles. The van der Waals surface area contributed by atoms with E-state index in [4.69, 9.17) is 5.26 Å². The van der Waals surface area contributed by atoms with Crippen LogP contribution in [0, 0.1) is 11.3 Å². The molecule has 1 aromatic rings. The molecule has 0 bridgehead atoms. The quantitative estimate of drug-likeness (QED) is 0.605. The van der Waals surface area contributed by atoms with E-state index in [1.165, 1.54) is 0 Å². The molecule has 58 valence electrons. The fraction of sp³-hybridized carbons (Fsp3) is 0.500. The van der Waals surface area contributed by atoms with Gasteiger partial charge in [-0.2, -0.15) is 5.26 Å². The lowest BCUT2D eigenvalue weighted by atomic mass is 10.2. The van der Waals surface area contributed by atoms with Crippen molar-refractivity contribution in [2.24, 2.45) is 7.05 Å². The van der Waals surface area contributed by atoms with Crippen LogP contribution in [0.3, 0.4) is 0 Å². The molecule has 0 aromatic carbocycles. The third-order valence-corrected chi connectivity index (χ3v) is 1.66. The summed E-state index contributed by atoms with van der Waals surface area (Å²) in [4.78, 5) is 4.13. The fourth-order valence-corrected chi connectivity index (χ4v) is 1.06. The standard InChI is InChI=1S/C8H11N3/c1-6(2)8-10-5-7(4-9)11(8)3/h5-6H,1-3H3. The number of hydrogen-bond donors (Lipinski definition) is 0. The molecule has 1 aromatic heterocycles. The number of hydrogen-bond acceptors (Lipinski definition) is 2. The smallest absolute Gasteiger partial charge is 0.139 e. The van der Waals surface area contributed by atoms with Crippen LogP contribution in [0.15, 0.2) is 6.20 Å². The summed E-state index contributed by atoms with van der Waals surface area (Å²) in [5, 5.41) is 8.60. The van der Waals surface area contributed by atoms with Gasteiger partial charge in [0.15, 0.2) is 0 Å². The van der Waals surface area contributed by atoms with Crippen LogP contribution in [0.1, 0.15) is 31.3 Å². The first-order chi connectivity index (χ1) is 5.16. The first-order valence-electron chi connectivity index (χ1n) is 3.58. The van der Waals surface area contributed by atoms with E-state index in [-0.39, 0.29) is 0 Å². The number of rotatable bonds is 1. The Balaban J connectivity index is 3.13. The largest absolute Gasteiger partial charge is 0.323 e. The molecule has 1 heterocycles. The third-order valence-electron chi connectivity index (χ3n) is 1.66. The van der Waals surface area contributed by atoms with Gasteiger partial charge in [0.05, 0.1) is 6.20 Å². The second-order valence-corrected chi connectivity index (χ2v) is 2.83. The van der Waals surface area contributed by atoms with Gasteiger partial charge in [0, 0.05) is 13.0 Å². The molecule has 0 aliphatic heterocycles. The molecule has 0 fully saturated rings. The molecule has 3 nitrogen and oxygen atoms in total. The number of imidazole rings is 1. The normalized spacial score (nSPS) is 10.1. The van der Waals surface area contributed by atoms with Crippen molar-refractivity contribution >= 4 is 0 Å². The predicted octanol–water partition coefficient (Wildman–Crippen LogP) is 1.42. The van der Waals surface area contributed by atoms with Gasteiger partial charge in [0.1, 0.15) is 17.6 Å².